The molecule has 1 N–H and O–H groups in total. The second-order valence-electron chi connectivity index (χ2n) is 6.86. The standard InChI is InChI=1S/C22H21N3O4/c1-28-18-5-3-4-15(9-18)20(10-21(26)29-2)25-13-16-8-14(17-11-23-24-12-17)6-7-19(16)22(25)27/h3-9,11-12,20H,10,13H2,1-2H3,(H,23,24). The monoisotopic (exact) mass is 391 g/mol. The highest BCUT2D eigenvalue weighted by Crippen LogP contribution is 2.36. The molecular formula is C22H21N3O4. The summed E-state index contributed by atoms with van der Waals surface area (Å²) in [5.41, 5.74) is 4.34. The van der Waals surface area contributed by atoms with Gasteiger partial charge in [-0.3, -0.25) is 14.7 Å². The minimum absolute atomic E-state index is 0.0674. The molecule has 0 spiro atoms. The quantitative estimate of drug-likeness (QED) is 0.652. The Hall–Kier alpha value is -3.61. The molecule has 0 saturated carbocycles. The molecule has 0 radical (unpaired) electrons. The van der Waals surface area contributed by atoms with Crippen molar-refractivity contribution in [1.29, 1.82) is 0 Å². The van der Waals surface area contributed by atoms with E-state index in [0.717, 1.165) is 22.3 Å². The van der Waals surface area contributed by atoms with Crippen molar-refractivity contribution in [3.8, 4) is 16.9 Å². The van der Waals surface area contributed by atoms with E-state index in [1.807, 2.05) is 48.7 Å². The Morgan fingerprint density at radius 3 is 2.79 bits per heavy atom. The average molecular weight is 391 g/mol. The smallest absolute Gasteiger partial charge is 0.307 e. The van der Waals surface area contributed by atoms with E-state index in [-0.39, 0.29) is 18.3 Å². The van der Waals surface area contributed by atoms with E-state index < -0.39 is 6.04 Å². The van der Waals surface area contributed by atoms with Crippen molar-refractivity contribution < 1.29 is 19.1 Å². The van der Waals surface area contributed by atoms with Crippen LogP contribution in [0.5, 0.6) is 5.75 Å². The van der Waals surface area contributed by atoms with Crippen molar-refractivity contribution in [2.45, 2.75) is 19.0 Å². The summed E-state index contributed by atoms with van der Waals surface area (Å²) in [5, 5.41) is 6.78. The number of benzene rings is 2. The van der Waals surface area contributed by atoms with E-state index in [1.165, 1.54) is 7.11 Å². The fourth-order valence-corrected chi connectivity index (χ4v) is 3.68. The lowest BCUT2D eigenvalue weighted by Gasteiger charge is -2.27. The number of aromatic nitrogens is 2. The molecule has 0 bridgehead atoms. The molecular weight excluding hydrogens is 370 g/mol. The van der Waals surface area contributed by atoms with Gasteiger partial charge in [-0.25, -0.2) is 0 Å². The van der Waals surface area contributed by atoms with Crippen molar-refractivity contribution in [1.82, 2.24) is 15.1 Å². The summed E-state index contributed by atoms with van der Waals surface area (Å²) in [6, 6.07) is 12.7. The van der Waals surface area contributed by atoms with E-state index >= 15 is 0 Å². The van der Waals surface area contributed by atoms with Gasteiger partial charge in [0.15, 0.2) is 0 Å². The third kappa shape index (κ3) is 3.59. The van der Waals surface area contributed by atoms with E-state index in [2.05, 4.69) is 10.2 Å². The molecule has 0 fully saturated rings. The molecule has 1 unspecified atom stereocenters. The number of methoxy groups -OCH3 is 2. The van der Waals surface area contributed by atoms with Crippen molar-refractivity contribution in [2.24, 2.45) is 0 Å². The maximum atomic E-state index is 13.2. The highest BCUT2D eigenvalue weighted by atomic mass is 16.5. The first kappa shape index (κ1) is 18.7. The third-order valence-corrected chi connectivity index (χ3v) is 5.21. The lowest BCUT2D eigenvalue weighted by atomic mass is 10.0. The molecule has 29 heavy (non-hydrogen) atoms. The minimum atomic E-state index is -0.449. The zero-order valence-corrected chi connectivity index (χ0v) is 16.2. The van der Waals surface area contributed by atoms with Crippen LogP contribution in [0.1, 0.15) is 33.9 Å². The topological polar surface area (TPSA) is 84.5 Å². The number of carbonyl (C=O) groups is 2. The van der Waals surface area contributed by atoms with Gasteiger partial charge in [0.25, 0.3) is 5.91 Å². The Labute approximate surface area is 168 Å². The minimum Gasteiger partial charge on any atom is -0.497 e. The fourth-order valence-electron chi connectivity index (χ4n) is 3.68. The molecule has 3 aromatic rings. The molecule has 0 saturated heterocycles. The van der Waals surface area contributed by atoms with Gasteiger partial charge in [-0.1, -0.05) is 18.2 Å². The summed E-state index contributed by atoms with van der Waals surface area (Å²) in [6.07, 6.45) is 3.62. The predicted molar refractivity (Wildman–Crippen MR) is 106 cm³/mol. The molecule has 1 atom stereocenters. The summed E-state index contributed by atoms with van der Waals surface area (Å²) in [6.45, 7) is 0.415. The van der Waals surface area contributed by atoms with Gasteiger partial charge in [0.2, 0.25) is 0 Å². The number of esters is 1. The molecule has 148 valence electrons. The highest BCUT2D eigenvalue weighted by molar-refractivity contribution is 5.99. The van der Waals surface area contributed by atoms with E-state index in [0.29, 0.717) is 17.9 Å². The molecule has 2 aromatic carbocycles. The molecule has 1 amide bonds. The first-order valence-corrected chi connectivity index (χ1v) is 9.24. The highest BCUT2D eigenvalue weighted by Gasteiger charge is 2.35. The zero-order chi connectivity index (χ0) is 20.4. The number of amides is 1. The Morgan fingerprint density at radius 1 is 1.21 bits per heavy atom. The van der Waals surface area contributed by atoms with Crippen LogP contribution >= 0.6 is 0 Å². The van der Waals surface area contributed by atoms with Gasteiger partial charge in [-0.2, -0.15) is 5.10 Å². The Kier molecular flexibility index (Phi) is 5.03. The molecule has 1 aliphatic rings. The largest absolute Gasteiger partial charge is 0.497 e. The second-order valence-corrected chi connectivity index (χ2v) is 6.86. The number of nitrogens with one attached hydrogen (secondary N) is 1. The lowest BCUT2D eigenvalue weighted by Crippen LogP contribution is -2.31. The van der Waals surface area contributed by atoms with Gasteiger partial charge in [0, 0.05) is 23.9 Å². The first-order valence-electron chi connectivity index (χ1n) is 9.24. The summed E-state index contributed by atoms with van der Waals surface area (Å²) < 4.78 is 10.2. The van der Waals surface area contributed by atoms with Gasteiger partial charge in [-0.05, 0) is 41.0 Å². The summed E-state index contributed by atoms with van der Waals surface area (Å²) in [5.74, 6) is 0.194. The number of fused-ring (bicyclic) bond motifs is 1. The van der Waals surface area contributed by atoms with Crippen LogP contribution in [0.2, 0.25) is 0 Å². The van der Waals surface area contributed by atoms with Gasteiger partial charge in [-0.15, -0.1) is 0 Å². The molecule has 4 rings (SSSR count). The van der Waals surface area contributed by atoms with Crippen molar-refractivity contribution in [3.63, 3.8) is 0 Å². The van der Waals surface area contributed by atoms with Crippen LogP contribution in [0.25, 0.3) is 11.1 Å². The molecule has 0 aliphatic carbocycles. The summed E-state index contributed by atoms with van der Waals surface area (Å²) in [4.78, 5) is 27.0. The number of H-pyrrole nitrogens is 1. The number of hydrogen-bond acceptors (Lipinski definition) is 5. The molecule has 7 heteroatoms. The molecule has 7 nitrogen and oxygen atoms in total. The van der Waals surface area contributed by atoms with Crippen molar-refractivity contribution >= 4 is 11.9 Å². The van der Waals surface area contributed by atoms with Crippen LogP contribution < -0.4 is 4.74 Å². The van der Waals surface area contributed by atoms with Gasteiger partial charge < -0.3 is 14.4 Å². The number of carbonyl (C=O) groups excluding carboxylic acids is 2. The zero-order valence-electron chi connectivity index (χ0n) is 16.2. The lowest BCUT2D eigenvalue weighted by molar-refractivity contribution is -0.141. The molecule has 1 aromatic heterocycles. The average Bonchev–Trinajstić information content (AvgIpc) is 3.40. The number of rotatable bonds is 6. The van der Waals surface area contributed by atoms with Crippen LogP contribution in [0.3, 0.4) is 0 Å². The van der Waals surface area contributed by atoms with E-state index in [4.69, 9.17) is 9.47 Å². The summed E-state index contributed by atoms with van der Waals surface area (Å²) >= 11 is 0. The molecule has 1 aliphatic heterocycles. The van der Waals surface area contributed by atoms with Crippen LogP contribution in [-0.2, 0) is 16.1 Å². The van der Waals surface area contributed by atoms with Gasteiger partial charge >= 0.3 is 5.97 Å². The first-order chi connectivity index (χ1) is 14.1. The van der Waals surface area contributed by atoms with Gasteiger partial charge in [0.05, 0.1) is 32.9 Å². The van der Waals surface area contributed by atoms with Crippen LogP contribution in [0.4, 0.5) is 0 Å². The summed E-state index contributed by atoms with van der Waals surface area (Å²) in [7, 11) is 2.94. The Balaban J connectivity index is 1.69. The Bertz CT molecular complexity index is 1050. The van der Waals surface area contributed by atoms with Gasteiger partial charge in [0.1, 0.15) is 5.75 Å². The maximum Gasteiger partial charge on any atom is 0.307 e. The van der Waals surface area contributed by atoms with E-state index in [9.17, 15) is 9.59 Å². The van der Waals surface area contributed by atoms with Crippen LogP contribution in [0, 0.1) is 0 Å². The van der Waals surface area contributed by atoms with Crippen molar-refractivity contribution in [2.75, 3.05) is 14.2 Å². The normalized spacial score (nSPS) is 13.9. The maximum absolute atomic E-state index is 13.2. The molecule has 2 heterocycles. The number of hydrogen-bond donors (Lipinski definition) is 1. The second kappa shape index (κ2) is 7.79. The Morgan fingerprint density at radius 2 is 2.07 bits per heavy atom. The van der Waals surface area contributed by atoms with E-state index in [1.54, 1.807) is 18.2 Å². The third-order valence-electron chi connectivity index (χ3n) is 5.21. The number of nitrogens with zero attached hydrogens (tertiary/aromatic N) is 2. The number of aromatic amines is 1. The van der Waals surface area contributed by atoms with Crippen LogP contribution in [0.15, 0.2) is 54.9 Å². The van der Waals surface area contributed by atoms with Crippen molar-refractivity contribution in [3.05, 3.63) is 71.5 Å². The number of ether oxygens (including phenoxy) is 2. The van der Waals surface area contributed by atoms with Crippen LogP contribution in [-0.4, -0.2) is 41.2 Å². The SMILES string of the molecule is COC(=O)CC(c1cccc(OC)c1)N1Cc2cc(-c3cn[nH]c3)ccc2C1=O. The predicted octanol–water partition coefficient (Wildman–Crippen LogP) is 3.35. The fraction of sp³-hybridized carbons (Fsp3) is 0.227.